The van der Waals surface area contributed by atoms with Gasteiger partial charge >= 0.3 is 12.6 Å². The third-order valence-electron chi connectivity index (χ3n) is 3.20. The fraction of sp³-hybridized carbons (Fsp3) is 0.462. The van der Waals surface area contributed by atoms with E-state index in [0.717, 1.165) is 0 Å². The van der Waals surface area contributed by atoms with E-state index in [2.05, 4.69) is 4.74 Å². The first-order valence-corrected chi connectivity index (χ1v) is 6.27. The molecule has 1 aliphatic rings. The van der Waals surface area contributed by atoms with Gasteiger partial charge in [-0.05, 0) is 24.6 Å². The summed E-state index contributed by atoms with van der Waals surface area (Å²) in [4.78, 5) is 21.7. The lowest BCUT2D eigenvalue weighted by molar-refractivity contribution is -0.497. The van der Waals surface area contributed by atoms with Crippen LogP contribution in [0.2, 0.25) is 0 Å². The van der Waals surface area contributed by atoms with E-state index < -0.39 is 35.6 Å². The summed E-state index contributed by atoms with van der Waals surface area (Å²) in [5, 5.41) is 10.5. The van der Waals surface area contributed by atoms with Gasteiger partial charge in [0.15, 0.2) is 0 Å². The van der Waals surface area contributed by atoms with Gasteiger partial charge in [0.1, 0.15) is 17.8 Å². The maximum atomic E-state index is 12.0. The van der Waals surface area contributed by atoms with E-state index in [-0.39, 0.29) is 12.2 Å². The molecule has 1 aliphatic carbocycles. The second-order valence-electron chi connectivity index (χ2n) is 4.72. The smallest absolute Gasteiger partial charge is 0.387 e. The molecule has 0 heterocycles. The van der Waals surface area contributed by atoms with Gasteiger partial charge in [0.2, 0.25) is 6.04 Å². The molecule has 0 N–H and O–H groups in total. The number of hydrogen-bond donors (Lipinski definition) is 0. The zero-order valence-corrected chi connectivity index (χ0v) is 11.1. The molecule has 21 heavy (non-hydrogen) atoms. The van der Waals surface area contributed by atoms with E-state index in [4.69, 9.17) is 4.74 Å². The van der Waals surface area contributed by atoms with Crippen LogP contribution in [0.1, 0.15) is 25.0 Å². The lowest BCUT2D eigenvalue weighted by Crippen LogP contribution is -2.15. The highest BCUT2D eigenvalue weighted by Crippen LogP contribution is 2.35. The zero-order valence-electron chi connectivity index (χ0n) is 11.1. The van der Waals surface area contributed by atoms with Crippen LogP contribution in [0.3, 0.4) is 0 Å². The highest BCUT2D eigenvalue weighted by Gasteiger charge is 2.54. The Hall–Kier alpha value is -2.25. The van der Waals surface area contributed by atoms with Crippen LogP contribution in [-0.4, -0.2) is 23.5 Å². The van der Waals surface area contributed by atoms with Crippen LogP contribution < -0.4 is 4.74 Å². The molecule has 6 nitrogen and oxygen atoms in total. The first kappa shape index (κ1) is 15.1. The summed E-state index contributed by atoms with van der Waals surface area (Å²) in [5.41, 5.74) is 0.586. The number of nitro groups is 1. The van der Waals surface area contributed by atoms with Gasteiger partial charge in [-0.1, -0.05) is 12.1 Å². The molecule has 0 spiro atoms. The summed E-state index contributed by atoms with van der Waals surface area (Å²) in [6.07, 6.45) is -0.425. The molecule has 0 unspecified atom stereocenters. The van der Waals surface area contributed by atoms with Crippen LogP contribution in [-0.2, 0) is 9.53 Å². The van der Waals surface area contributed by atoms with Gasteiger partial charge in [0.25, 0.3) is 0 Å². The Kier molecular flexibility index (Phi) is 4.35. The number of nitrogens with zero attached hydrogens (tertiary/aromatic N) is 1. The van der Waals surface area contributed by atoms with E-state index in [1.165, 1.54) is 24.3 Å². The number of carbonyl (C=O) groups excluding carboxylic acids is 1. The number of ether oxygens (including phenoxy) is 2. The molecule has 2 rings (SSSR count). The van der Waals surface area contributed by atoms with Gasteiger partial charge in [-0.25, -0.2) is 0 Å². The number of halogens is 2. The summed E-state index contributed by atoms with van der Waals surface area (Å²) < 4.78 is 33.3. The molecule has 1 aromatic rings. The van der Waals surface area contributed by atoms with Crippen molar-refractivity contribution >= 4 is 5.97 Å². The Morgan fingerprint density at radius 1 is 1.38 bits per heavy atom. The lowest BCUT2D eigenvalue weighted by atomic mass is 10.1. The Balaban J connectivity index is 1.90. The largest absolute Gasteiger partial charge is 0.457 e. The molecule has 0 bridgehead atoms. The first-order valence-electron chi connectivity index (χ1n) is 6.27. The van der Waals surface area contributed by atoms with E-state index in [1.807, 2.05) is 0 Å². The van der Waals surface area contributed by atoms with Crippen molar-refractivity contribution in [3.05, 3.63) is 39.9 Å². The fourth-order valence-corrected chi connectivity index (χ4v) is 1.92. The van der Waals surface area contributed by atoms with Crippen molar-refractivity contribution in [1.82, 2.24) is 0 Å². The fourth-order valence-electron chi connectivity index (χ4n) is 1.92. The minimum atomic E-state index is -2.90. The van der Waals surface area contributed by atoms with Crippen molar-refractivity contribution in [2.24, 2.45) is 5.92 Å². The molecule has 1 aromatic carbocycles. The molecule has 0 amide bonds. The summed E-state index contributed by atoms with van der Waals surface area (Å²) in [7, 11) is 0. The van der Waals surface area contributed by atoms with Crippen molar-refractivity contribution in [3.63, 3.8) is 0 Å². The van der Waals surface area contributed by atoms with Crippen molar-refractivity contribution in [3.8, 4) is 5.75 Å². The average molecular weight is 301 g/mol. The quantitative estimate of drug-likeness (QED) is 0.458. The average Bonchev–Trinajstić information content (AvgIpc) is 3.19. The van der Waals surface area contributed by atoms with E-state index in [0.29, 0.717) is 5.56 Å². The second kappa shape index (κ2) is 6.02. The third kappa shape index (κ3) is 3.87. The van der Waals surface area contributed by atoms with Crippen molar-refractivity contribution in [2.75, 3.05) is 0 Å². The standard InChI is InChI=1S/C13H13F2NO5/c1-7(20-12(17)10-6-11(10)16(18)19)8-2-4-9(5-3-8)21-13(14)15/h2-5,7,10-11,13H,6H2,1H3/t7-,10+,11-/m0/s1. The third-order valence-corrected chi connectivity index (χ3v) is 3.20. The van der Waals surface area contributed by atoms with Gasteiger partial charge in [0, 0.05) is 11.3 Å². The van der Waals surface area contributed by atoms with Gasteiger partial charge < -0.3 is 9.47 Å². The predicted molar refractivity (Wildman–Crippen MR) is 66.5 cm³/mol. The van der Waals surface area contributed by atoms with Crippen LogP contribution in [0.4, 0.5) is 8.78 Å². The monoisotopic (exact) mass is 301 g/mol. The number of hydrogen-bond acceptors (Lipinski definition) is 5. The van der Waals surface area contributed by atoms with E-state index >= 15 is 0 Å². The Bertz CT molecular complexity index is 534. The molecular formula is C13H13F2NO5. The van der Waals surface area contributed by atoms with Crippen molar-refractivity contribution in [2.45, 2.75) is 32.1 Å². The van der Waals surface area contributed by atoms with E-state index in [9.17, 15) is 23.7 Å². The molecular weight excluding hydrogens is 288 g/mol. The Morgan fingerprint density at radius 2 is 2.00 bits per heavy atom. The maximum Gasteiger partial charge on any atom is 0.387 e. The summed E-state index contributed by atoms with van der Waals surface area (Å²) in [5.74, 6) is -1.30. The maximum absolute atomic E-state index is 12.0. The lowest BCUT2D eigenvalue weighted by Gasteiger charge is -2.13. The van der Waals surface area contributed by atoms with Crippen LogP contribution in [0.25, 0.3) is 0 Å². The van der Waals surface area contributed by atoms with Crippen LogP contribution in [0.15, 0.2) is 24.3 Å². The minimum absolute atomic E-state index is 0.00267. The molecule has 0 aliphatic heterocycles. The molecule has 0 aromatic heterocycles. The van der Waals surface area contributed by atoms with Gasteiger partial charge in [-0.2, -0.15) is 8.78 Å². The van der Waals surface area contributed by atoms with Crippen LogP contribution in [0.5, 0.6) is 5.75 Å². The molecule has 8 heteroatoms. The van der Waals surface area contributed by atoms with Crippen LogP contribution in [0, 0.1) is 16.0 Å². The molecule has 1 saturated carbocycles. The Labute approximate surface area is 118 Å². The topological polar surface area (TPSA) is 78.7 Å². The molecule has 0 saturated heterocycles. The number of benzene rings is 1. The first-order chi connectivity index (χ1) is 9.88. The van der Waals surface area contributed by atoms with Gasteiger partial charge in [-0.3, -0.25) is 14.9 Å². The molecule has 1 fully saturated rings. The highest BCUT2D eigenvalue weighted by molar-refractivity contribution is 5.76. The van der Waals surface area contributed by atoms with Crippen molar-refractivity contribution < 1.29 is 28.0 Å². The number of carbonyl (C=O) groups is 1. The zero-order chi connectivity index (χ0) is 15.6. The molecule has 114 valence electrons. The molecule has 0 radical (unpaired) electrons. The van der Waals surface area contributed by atoms with Crippen LogP contribution >= 0.6 is 0 Å². The number of esters is 1. The number of alkyl halides is 2. The number of rotatable bonds is 6. The van der Waals surface area contributed by atoms with Gasteiger partial charge in [-0.15, -0.1) is 0 Å². The Morgan fingerprint density at radius 3 is 2.48 bits per heavy atom. The molecule has 3 atom stereocenters. The highest BCUT2D eigenvalue weighted by atomic mass is 19.3. The van der Waals surface area contributed by atoms with Gasteiger partial charge in [0.05, 0.1) is 0 Å². The van der Waals surface area contributed by atoms with Crippen molar-refractivity contribution in [1.29, 1.82) is 0 Å². The minimum Gasteiger partial charge on any atom is -0.457 e. The predicted octanol–water partition coefficient (Wildman–Crippen LogP) is 2.56. The van der Waals surface area contributed by atoms with E-state index in [1.54, 1.807) is 6.92 Å². The summed E-state index contributed by atoms with van der Waals surface area (Å²) >= 11 is 0. The SMILES string of the molecule is C[C@H](OC(=O)[C@@H]1C[C@@H]1[N+](=O)[O-])c1ccc(OC(F)F)cc1. The summed E-state index contributed by atoms with van der Waals surface area (Å²) in [6, 6.07) is 4.80. The normalized spacial score (nSPS) is 21.7. The summed E-state index contributed by atoms with van der Waals surface area (Å²) in [6.45, 7) is -1.30. The second-order valence-corrected chi connectivity index (χ2v) is 4.72.